The standard InChI is InChI=1S/C30H37F2N7O2/c1-4-37(18(2)3)29(40)23-13-19(31)5-8-25(23)39-12-11-38(28-26(39)15-33-17-34-28)21-9-10-36(16-21)30(41)27-22-7-6-20(35-27)14-24(22)32/h5,7-8,13,15,17-18,20-21,24,27,35H,4,6,9-12,14,16H2,1-3H3/t20?,21-,24+,27+/m1/s1. The molecule has 2 bridgehead atoms. The summed E-state index contributed by atoms with van der Waals surface area (Å²) in [6.45, 7) is 8.57. The Labute approximate surface area is 239 Å². The molecule has 11 heteroatoms. The number of fused-ring (bicyclic) bond motifs is 4. The summed E-state index contributed by atoms with van der Waals surface area (Å²) < 4.78 is 29.0. The summed E-state index contributed by atoms with van der Waals surface area (Å²) in [4.78, 5) is 43.6. The number of amides is 2. The van der Waals surface area contributed by atoms with Gasteiger partial charge in [0.1, 0.15) is 30.0 Å². The normalized spacial score (nSPS) is 25.4. The van der Waals surface area contributed by atoms with E-state index in [0.29, 0.717) is 61.8 Å². The highest BCUT2D eigenvalue weighted by molar-refractivity contribution is 6.01. The quantitative estimate of drug-likeness (QED) is 0.538. The van der Waals surface area contributed by atoms with Crippen molar-refractivity contribution in [2.75, 3.05) is 42.5 Å². The maximum Gasteiger partial charge on any atom is 0.256 e. The Balaban J connectivity index is 1.24. The number of piperidine rings is 1. The Bertz CT molecular complexity index is 1370. The number of anilines is 3. The van der Waals surface area contributed by atoms with Crippen molar-refractivity contribution in [2.45, 2.75) is 70.4 Å². The highest BCUT2D eigenvalue weighted by Gasteiger charge is 2.44. The first-order chi connectivity index (χ1) is 19.8. The molecule has 2 saturated heterocycles. The SMILES string of the molecule is CCN(C(=O)c1cc(F)ccc1N1CCN([C@@H]2CCN(C(=O)[C@H]3NC4CC=C3[C@@H](F)C4)C2)c2ncncc21)C(C)C. The van der Waals surface area contributed by atoms with Crippen molar-refractivity contribution in [1.82, 2.24) is 25.1 Å². The molecule has 5 aliphatic rings. The summed E-state index contributed by atoms with van der Waals surface area (Å²) in [5, 5.41) is 3.33. The smallest absolute Gasteiger partial charge is 0.256 e. The molecular formula is C30H37F2N7O2. The van der Waals surface area contributed by atoms with Crippen molar-refractivity contribution in [3.63, 3.8) is 0 Å². The van der Waals surface area contributed by atoms with Crippen LogP contribution in [0, 0.1) is 5.82 Å². The van der Waals surface area contributed by atoms with Gasteiger partial charge in [-0.25, -0.2) is 18.7 Å². The van der Waals surface area contributed by atoms with E-state index in [9.17, 15) is 18.4 Å². The lowest BCUT2D eigenvalue weighted by Gasteiger charge is -2.41. The summed E-state index contributed by atoms with van der Waals surface area (Å²) in [6.07, 6.45) is 6.05. The fraction of sp³-hybridized carbons (Fsp3) is 0.533. The number of nitrogens with zero attached hydrogens (tertiary/aromatic N) is 6. The van der Waals surface area contributed by atoms with E-state index in [2.05, 4.69) is 20.2 Å². The highest BCUT2D eigenvalue weighted by Crippen LogP contribution is 2.40. The molecule has 41 heavy (non-hydrogen) atoms. The molecule has 0 radical (unpaired) electrons. The molecule has 1 aliphatic carbocycles. The Morgan fingerprint density at radius 1 is 1.20 bits per heavy atom. The lowest BCUT2D eigenvalue weighted by Crippen LogP contribution is -2.58. The van der Waals surface area contributed by atoms with Gasteiger partial charge in [0.15, 0.2) is 5.82 Å². The second-order valence-electron chi connectivity index (χ2n) is 11.6. The second kappa shape index (κ2) is 11.0. The van der Waals surface area contributed by atoms with Gasteiger partial charge in [-0.1, -0.05) is 6.08 Å². The van der Waals surface area contributed by atoms with E-state index in [4.69, 9.17) is 0 Å². The van der Waals surface area contributed by atoms with Crippen LogP contribution in [0.2, 0.25) is 0 Å². The number of alkyl halides is 1. The van der Waals surface area contributed by atoms with Crippen molar-refractivity contribution < 1.29 is 18.4 Å². The average Bonchev–Trinajstić information content (AvgIpc) is 3.46. The van der Waals surface area contributed by atoms with Crippen LogP contribution in [0.5, 0.6) is 0 Å². The zero-order valence-corrected chi connectivity index (χ0v) is 23.8. The van der Waals surface area contributed by atoms with Crippen molar-refractivity contribution in [2.24, 2.45) is 0 Å². The first-order valence-electron chi connectivity index (χ1n) is 14.6. The van der Waals surface area contributed by atoms with E-state index in [0.717, 1.165) is 18.5 Å². The van der Waals surface area contributed by atoms with Crippen LogP contribution in [0.4, 0.5) is 26.0 Å². The molecule has 9 nitrogen and oxygen atoms in total. The maximum absolute atomic E-state index is 14.5. The predicted octanol–water partition coefficient (Wildman–Crippen LogP) is 3.44. The molecule has 1 aromatic carbocycles. The number of rotatable bonds is 6. The average molecular weight is 566 g/mol. The van der Waals surface area contributed by atoms with Gasteiger partial charge in [-0.15, -0.1) is 0 Å². The van der Waals surface area contributed by atoms with Crippen molar-refractivity contribution in [1.29, 1.82) is 0 Å². The van der Waals surface area contributed by atoms with Crippen LogP contribution in [0.1, 0.15) is 50.4 Å². The number of benzene rings is 1. The molecule has 2 fully saturated rings. The molecule has 2 amide bonds. The van der Waals surface area contributed by atoms with Gasteiger partial charge in [0, 0.05) is 50.8 Å². The van der Waals surface area contributed by atoms with Gasteiger partial charge < -0.3 is 19.6 Å². The van der Waals surface area contributed by atoms with Gasteiger partial charge in [-0.2, -0.15) is 0 Å². The molecule has 4 aliphatic heterocycles. The van der Waals surface area contributed by atoms with Crippen LogP contribution in [0.3, 0.4) is 0 Å². The molecule has 2 aromatic rings. The highest BCUT2D eigenvalue weighted by atomic mass is 19.1. The zero-order chi connectivity index (χ0) is 28.8. The van der Waals surface area contributed by atoms with Crippen LogP contribution in [0.15, 0.2) is 42.4 Å². The summed E-state index contributed by atoms with van der Waals surface area (Å²) >= 11 is 0. The lowest BCUT2D eigenvalue weighted by atomic mass is 9.83. The van der Waals surface area contributed by atoms with Gasteiger partial charge >= 0.3 is 0 Å². The summed E-state index contributed by atoms with van der Waals surface area (Å²) in [5.41, 5.74) is 2.22. The fourth-order valence-electron chi connectivity index (χ4n) is 6.83. The Hall–Kier alpha value is -3.60. The van der Waals surface area contributed by atoms with Crippen molar-refractivity contribution in [3.05, 3.63) is 53.8 Å². The second-order valence-corrected chi connectivity index (χ2v) is 11.6. The third kappa shape index (κ3) is 4.94. The van der Waals surface area contributed by atoms with Gasteiger partial charge in [-0.05, 0) is 63.8 Å². The number of aromatic nitrogens is 2. The lowest BCUT2D eigenvalue weighted by molar-refractivity contribution is -0.132. The van der Waals surface area contributed by atoms with Crippen LogP contribution in [0.25, 0.3) is 0 Å². The first kappa shape index (κ1) is 27.6. The number of likely N-dealkylation sites (tertiary alicyclic amines) is 1. The van der Waals surface area contributed by atoms with Gasteiger partial charge in [0.2, 0.25) is 5.91 Å². The number of nitrogens with one attached hydrogen (secondary N) is 1. The van der Waals surface area contributed by atoms with Crippen molar-refractivity contribution >= 4 is 29.0 Å². The van der Waals surface area contributed by atoms with E-state index in [1.54, 1.807) is 17.2 Å². The topological polar surface area (TPSA) is 84.9 Å². The minimum atomic E-state index is -1.05. The summed E-state index contributed by atoms with van der Waals surface area (Å²) in [7, 11) is 0. The largest absolute Gasteiger partial charge is 0.348 e. The van der Waals surface area contributed by atoms with E-state index >= 15 is 0 Å². The van der Waals surface area contributed by atoms with Crippen molar-refractivity contribution in [3.8, 4) is 0 Å². The van der Waals surface area contributed by atoms with E-state index in [-0.39, 0.29) is 29.9 Å². The van der Waals surface area contributed by atoms with Crippen LogP contribution in [-0.4, -0.2) is 94.6 Å². The summed E-state index contributed by atoms with van der Waals surface area (Å²) in [6, 6.07) is 3.77. The van der Waals surface area contributed by atoms with Crippen LogP contribution in [-0.2, 0) is 4.79 Å². The Kier molecular flexibility index (Phi) is 7.39. The van der Waals surface area contributed by atoms with Gasteiger partial charge in [-0.3, -0.25) is 14.9 Å². The fourth-order valence-corrected chi connectivity index (χ4v) is 6.83. The number of hydrogen-bond acceptors (Lipinski definition) is 7. The minimum Gasteiger partial charge on any atom is -0.348 e. The third-order valence-electron chi connectivity index (χ3n) is 8.89. The third-order valence-corrected chi connectivity index (χ3v) is 8.89. The molecule has 1 unspecified atom stereocenters. The van der Waals surface area contributed by atoms with E-state index in [1.807, 2.05) is 36.6 Å². The Morgan fingerprint density at radius 2 is 2.02 bits per heavy atom. The minimum absolute atomic E-state index is 0.0136. The Morgan fingerprint density at radius 3 is 2.76 bits per heavy atom. The molecule has 0 spiro atoms. The molecule has 218 valence electrons. The monoisotopic (exact) mass is 565 g/mol. The number of carbonyl (C=O) groups excluding carboxylic acids is 2. The van der Waals surface area contributed by atoms with Gasteiger partial charge in [0.25, 0.3) is 5.91 Å². The van der Waals surface area contributed by atoms with E-state index < -0.39 is 18.0 Å². The first-order valence-corrected chi connectivity index (χ1v) is 14.6. The molecule has 0 saturated carbocycles. The molecular weight excluding hydrogens is 528 g/mol. The molecule has 5 heterocycles. The maximum atomic E-state index is 14.5. The number of hydrogen-bond donors (Lipinski definition) is 1. The number of carbonyl (C=O) groups is 2. The summed E-state index contributed by atoms with van der Waals surface area (Å²) in [5.74, 6) is -0.0388. The number of halogens is 2. The molecule has 1 aromatic heterocycles. The predicted molar refractivity (Wildman–Crippen MR) is 153 cm³/mol. The van der Waals surface area contributed by atoms with E-state index in [1.165, 1.54) is 18.5 Å². The van der Waals surface area contributed by atoms with Gasteiger partial charge in [0.05, 0.1) is 17.4 Å². The molecule has 4 atom stereocenters. The van der Waals surface area contributed by atoms with Crippen LogP contribution < -0.4 is 15.1 Å². The van der Waals surface area contributed by atoms with Crippen LogP contribution >= 0.6 is 0 Å². The molecule has 7 rings (SSSR count). The zero-order valence-electron chi connectivity index (χ0n) is 23.8. The molecule has 1 N–H and O–H groups in total.